The lowest BCUT2D eigenvalue weighted by atomic mass is 10.1. The maximum atomic E-state index is 5.73. The molecule has 1 atom stereocenters. The maximum absolute atomic E-state index is 5.73. The van der Waals surface area contributed by atoms with Crippen LogP contribution in [-0.2, 0) is 6.42 Å². The van der Waals surface area contributed by atoms with Crippen LogP contribution >= 0.6 is 23.6 Å². The van der Waals surface area contributed by atoms with E-state index < -0.39 is 0 Å². The predicted molar refractivity (Wildman–Crippen MR) is 86.0 cm³/mol. The minimum atomic E-state index is 0.275. The summed E-state index contributed by atoms with van der Waals surface area (Å²) >= 11 is 6.78. The Kier molecular flexibility index (Phi) is 4.50. The van der Waals surface area contributed by atoms with E-state index in [4.69, 9.17) is 18.0 Å². The van der Waals surface area contributed by atoms with Crippen LogP contribution in [0.1, 0.15) is 23.7 Å². The van der Waals surface area contributed by atoms with Crippen molar-refractivity contribution in [3.63, 3.8) is 0 Å². The Morgan fingerprint density at radius 2 is 2.26 bits per heavy atom. The van der Waals surface area contributed by atoms with E-state index in [1.807, 2.05) is 19.1 Å². The first kappa shape index (κ1) is 14.0. The average Bonchev–Trinajstić information content (AvgIpc) is 2.81. The van der Waals surface area contributed by atoms with Gasteiger partial charge in [-0.15, -0.1) is 0 Å². The van der Waals surface area contributed by atoms with Crippen molar-refractivity contribution in [2.24, 2.45) is 5.73 Å². The van der Waals surface area contributed by atoms with Crippen LogP contribution in [0, 0.1) is 6.92 Å². The summed E-state index contributed by atoms with van der Waals surface area (Å²) in [5, 5.41) is 7.65. The largest absolute Gasteiger partial charge is 0.389 e. The standard InChI is InChI=1S/C14H17N3S2/c1-9-3-4-12(13(15)18)14(16-9)17-10(2)7-11-5-6-19-8-11/h3-6,8,10H,7H2,1-2H3,(H2,15,18)(H,16,17). The molecule has 0 fully saturated rings. The molecule has 2 aromatic rings. The molecule has 2 heterocycles. The van der Waals surface area contributed by atoms with E-state index in [1.54, 1.807) is 11.3 Å². The van der Waals surface area contributed by atoms with Crippen LogP contribution in [-0.4, -0.2) is 16.0 Å². The number of rotatable bonds is 5. The van der Waals surface area contributed by atoms with Crippen molar-refractivity contribution in [2.75, 3.05) is 5.32 Å². The minimum absolute atomic E-state index is 0.275. The first-order valence-corrected chi connectivity index (χ1v) is 7.46. The molecule has 0 aliphatic carbocycles. The molecule has 2 rings (SSSR count). The van der Waals surface area contributed by atoms with Gasteiger partial charge in [0.1, 0.15) is 10.8 Å². The number of hydrogen-bond acceptors (Lipinski definition) is 4. The lowest BCUT2D eigenvalue weighted by Gasteiger charge is -2.17. The van der Waals surface area contributed by atoms with Gasteiger partial charge >= 0.3 is 0 Å². The van der Waals surface area contributed by atoms with E-state index in [0.29, 0.717) is 4.99 Å². The number of pyridine rings is 1. The molecule has 100 valence electrons. The zero-order valence-electron chi connectivity index (χ0n) is 11.0. The summed E-state index contributed by atoms with van der Waals surface area (Å²) < 4.78 is 0. The summed E-state index contributed by atoms with van der Waals surface area (Å²) in [4.78, 5) is 4.86. The fourth-order valence-corrected chi connectivity index (χ4v) is 2.76. The monoisotopic (exact) mass is 291 g/mol. The molecule has 19 heavy (non-hydrogen) atoms. The van der Waals surface area contributed by atoms with Crippen LogP contribution in [0.5, 0.6) is 0 Å². The van der Waals surface area contributed by atoms with Crippen molar-refractivity contribution < 1.29 is 0 Å². The van der Waals surface area contributed by atoms with Crippen molar-refractivity contribution in [2.45, 2.75) is 26.3 Å². The van der Waals surface area contributed by atoms with Crippen molar-refractivity contribution in [1.29, 1.82) is 0 Å². The molecule has 3 nitrogen and oxygen atoms in total. The molecule has 2 aromatic heterocycles. The molecule has 0 saturated heterocycles. The number of thiophene rings is 1. The van der Waals surface area contributed by atoms with Gasteiger partial charge in [-0.2, -0.15) is 11.3 Å². The molecule has 0 saturated carbocycles. The van der Waals surface area contributed by atoms with Gasteiger partial charge in [0.2, 0.25) is 0 Å². The second-order valence-corrected chi connectivity index (χ2v) is 5.81. The lowest BCUT2D eigenvalue weighted by Crippen LogP contribution is -2.22. The van der Waals surface area contributed by atoms with Gasteiger partial charge in [-0.25, -0.2) is 4.98 Å². The van der Waals surface area contributed by atoms with Gasteiger partial charge in [0, 0.05) is 11.7 Å². The molecule has 0 bridgehead atoms. The first-order valence-electron chi connectivity index (χ1n) is 6.11. The number of nitrogens with zero attached hydrogens (tertiary/aromatic N) is 1. The van der Waals surface area contributed by atoms with Crippen molar-refractivity contribution >= 4 is 34.4 Å². The third kappa shape index (κ3) is 3.75. The van der Waals surface area contributed by atoms with Crippen LogP contribution in [0.2, 0.25) is 0 Å². The summed E-state index contributed by atoms with van der Waals surface area (Å²) in [5.41, 5.74) is 8.81. The molecule has 3 N–H and O–H groups in total. The van der Waals surface area contributed by atoms with E-state index >= 15 is 0 Å². The van der Waals surface area contributed by atoms with Crippen LogP contribution in [0.25, 0.3) is 0 Å². The Hall–Kier alpha value is -1.46. The smallest absolute Gasteiger partial charge is 0.136 e. The lowest BCUT2D eigenvalue weighted by molar-refractivity contribution is 0.785. The highest BCUT2D eigenvalue weighted by molar-refractivity contribution is 7.80. The van der Waals surface area contributed by atoms with Crippen molar-refractivity contribution in [3.8, 4) is 0 Å². The molecule has 0 amide bonds. The Bertz CT molecular complexity index is 564. The molecular formula is C14H17N3S2. The predicted octanol–water partition coefficient (Wildman–Crippen LogP) is 3.13. The number of hydrogen-bond donors (Lipinski definition) is 2. The van der Waals surface area contributed by atoms with E-state index in [-0.39, 0.29) is 6.04 Å². The summed E-state index contributed by atoms with van der Waals surface area (Å²) in [6, 6.07) is 6.26. The number of aromatic nitrogens is 1. The number of nitrogens with one attached hydrogen (secondary N) is 1. The highest BCUT2D eigenvalue weighted by atomic mass is 32.1. The number of anilines is 1. The summed E-state index contributed by atoms with van der Waals surface area (Å²) in [7, 11) is 0. The van der Waals surface area contributed by atoms with Crippen LogP contribution in [0.15, 0.2) is 29.0 Å². The van der Waals surface area contributed by atoms with Gasteiger partial charge in [0.25, 0.3) is 0 Å². The Labute approximate surface area is 122 Å². The molecule has 0 spiro atoms. The Morgan fingerprint density at radius 1 is 1.47 bits per heavy atom. The van der Waals surface area contributed by atoms with Crippen molar-refractivity contribution in [3.05, 3.63) is 45.8 Å². The van der Waals surface area contributed by atoms with Gasteiger partial charge in [-0.3, -0.25) is 0 Å². The maximum Gasteiger partial charge on any atom is 0.136 e. The first-order chi connectivity index (χ1) is 9.06. The topological polar surface area (TPSA) is 50.9 Å². The van der Waals surface area contributed by atoms with Crippen LogP contribution in [0.3, 0.4) is 0 Å². The third-order valence-electron chi connectivity index (χ3n) is 2.81. The Balaban J connectivity index is 2.13. The van der Waals surface area contributed by atoms with Crippen LogP contribution < -0.4 is 11.1 Å². The SMILES string of the molecule is Cc1ccc(C(N)=S)c(NC(C)Cc2ccsc2)n1. The third-order valence-corrected chi connectivity index (χ3v) is 3.76. The average molecular weight is 291 g/mol. The Morgan fingerprint density at radius 3 is 2.89 bits per heavy atom. The van der Waals surface area contributed by atoms with Gasteiger partial charge in [-0.1, -0.05) is 12.2 Å². The fraction of sp³-hybridized carbons (Fsp3) is 0.286. The number of nitrogens with two attached hydrogens (primary N) is 1. The van der Waals surface area contributed by atoms with E-state index in [9.17, 15) is 0 Å². The fourth-order valence-electron chi connectivity index (χ4n) is 1.91. The quantitative estimate of drug-likeness (QED) is 0.831. The summed E-state index contributed by atoms with van der Waals surface area (Å²) in [5.74, 6) is 0.773. The molecular weight excluding hydrogens is 274 g/mol. The van der Waals surface area contributed by atoms with Crippen molar-refractivity contribution in [1.82, 2.24) is 4.98 Å². The van der Waals surface area contributed by atoms with Gasteiger partial charge in [-0.05, 0) is 54.8 Å². The minimum Gasteiger partial charge on any atom is -0.389 e. The van der Waals surface area contributed by atoms with E-state index in [2.05, 4.69) is 34.1 Å². The van der Waals surface area contributed by atoms with Crippen LogP contribution in [0.4, 0.5) is 5.82 Å². The summed E-state index contributed by atoms with van der Waals surface area (Å²) in [6.07, 6.45) is 0.954. The molecule has 0 aromatic carbocycles. The van der Waals surface area contributed by atoms with Gasteiger partial charge < -0.3 is 11.1 Å². The number of aryl methyl sites for hydroxylation is 1. The van der Waals surface area contributed by atoms with Gasteiger partial charge in [0.05, 0.1) is 5.56 Å². The molecule has 5 heteroatoms. The molecule has 0 radical (unpaired) electrons. The molecule has 0 aliphatic rings. The highest BCUT2D eigenvalue weighted by Gasteiger charge is 2.11. The zero-order valence-corrected chi connectivity index (χ0v) is 12.6. The summed E-state index contributed by atoms with van der Waals surface area (Å²) in [6.45, 7) is 4.09. The normalized spacial score (nSPS) is 12.1. The second kappa shape index (κ2) is 6.12. The van der Waals surface area contributed by atoms with E-state index in [0.717, 1.165) is 23.5 Å². The molecule has 0 aliphatic heterocycles. The second-order valence-electron chi connectivity index (χ2n) is 4.59. The van der Waals surface area contributed by atoms with E-state index in [1.165, 1.54) is 5.56 Å². The number of thiocarbonyl (C=S) groups is 1. The van der Waals surface area contributed by atoms with Gasteiger partial charge in [0.15, 0.2) is 0 Å². The molecule has 1 unspecified atom stereocenters. The zero-order chi connectivity index (χ0) is 13.8. The highest BCUT2D eigenvalue weighted by Crippen LogP contribution is 2.16.